The quantitative estimate of drug-likeness (QED) is 0.486. The summed E-state index contributed by atoms with van der Waals surface area (Å²) in [7, 11) is 1.65. The SMILES string of the molecule is CC(C)n1ncc2cnc(C(=O)NC3(c4ccc(-c5cncn(C)c5=O)cc4Cl)CC3)nc21. The Hall–Kier alpha value is -3.59. The lowest BCUT2D eigenvalue weighted by Gasteiger charge is -2.19. The zero-order valence-electron chi connectivity index (χ0n) is 18.4. The Morgan fingerprint density at radius 1 is 1.21 bits per heavy atom. The smallest absolute Gasteiger partial charge is 0.289 e. The summed E-state index contributed by atoms with van der Waals surface area (Å²) in [6.07, 6.45) is 7.79. The lowest BCUT2D eigenvalue weighted by Crippen LogP contribution is -2.36. The summed E-state index contributed by atoms with van der Waals surface area (Å²) < 4.78 is 3.18. The summed E-state index contributed by atoms with van der Waals surface area (Å²) in [4.78, 5) is 38.2. The molecule has 5 rings (SSSR count). The summed E-state index contributed by atoms with van der Waals surface area (Å²) in [5.74, 6) is -0.282. The van der Waals surface area contributed by atoms with Crippen molar-refractivity contribution in [2.45, 2.75) is 38.3 Å². The van der Waals surface area contributed by atoms with Gasteiger partial charge in [-0.1, -0.05) is 23.7 Å². The second-order valence-corrected chi connectivity index (χ2v) is 9.02. The van der Waals surface area contributed by atoms with Gasteiger partial charge in [0.2, 0.25) is 5.82 Å². The molecule has 0 atom stereocenters. The number of hydrogen-bond acceptors (Lipinski definition) is 6. The molecule has 0 saturated heterocycles. The molecule has 3 aromatic heterocycles. The molecule has 9 nitrogen and oxygen atoms in total. The van der Waals surface area contributed by atoms with Gasteiger partial charge in [-0.05, 0) is 43.9 Å². The van der Waals surface area contributed by atoms with Crippen molar-refractivity contribution >= 4 is 28.5 Å². The van der Waals surface area contributed by atoms with E-state index in [-0.39, 0.29) is 23.3 Å². The average molecular weight is 464 g/mol. The van der Waals surface area contributed by atoms with Gasteiger partial charge in [-0.25, -0.2) is 19.6 Å². The minimum Gasteiger partial charge on any atom is -0.340 e. The van der Waals surface area contributed by atoms with E-state index in [9.17, 15) is 9.59 Å². The highest BCUT2D eigenvalue weighted by molar-refractivity contribution is 6.31. The van der Waals surface area contributed by atoms with Gasteiger partial charge >= 0.3 is 0 Å². The summed E-state index contributed by atoms with van der Waals surface area (Å²) in [5.41, 5.74) is 1.83. The van der Waals surface area contributed by atoms with E-state index in [1.807, 2.05) is 26.0 Å². The lowest BCUT2D eigenvalue weighted by molar-refractivity contribution is 0.0920. The summed E-state index contributed by atoms with van der Waals surface area (Å²) in [6, 6.07) is 5.54. The van der Waals surface area contributed by atoms with E-state index < -0.39 is 5.54 Å². The number of nitrogens with zero attached hydrogens (tertiary/aromatic N) is 6. The van der Waals surface area contributed by atoms with Crippen LogP contribution in [0.1, 0.15) is 48.9 Å². The number of aryl methyl sites for hydroxylation is 1. The molecule has 1 fully saturated rings. The van der Waals surface area contributed by atoms with Crippen molar-refractivity contribution in [2.75, 3.05) is 0 Å². The van der Waals surface area contributed by atoms with Crippen LogP contribution in [0.25, 0.3) is 22.2 Å². The van der Waals surface area contributed by atoms with Gasteiger partial charge in [-0.2, -0.15) is 5.10 Å². The fourth-order valence-electron chi connectivity index (χ4n) is 3.96. The molecule has 0 aliphatic heterocycles. The Labute approximate surface area is 194 Å². The van der Waals surface area contributed by atoms with Crippen LogP contribution >= 0.6 is 11.6 Å². The average Bonchev–Trinajstić information content (AvgIpc) is 3.42. The number of rotatable bonds is 5. The van der Waals surface area contributed by atoms with Crippen LogP contribution in [0.2, 0.25) is 5.02 Å². The molecule has 10 heteroatoms. The number of nitrogens with one attached hydrogen (secondary N) is 1. The van der Waals surface area contributed by atoms with Crippen LogP contribution in [0.3, 0.4) is 0 Å². The molecule has 0 bridgehead atoms. The number of carbonyl (C=O) groups excluding carboxylic acids is 1. The van der Waals surface area contributed by atoms with E-state index in [4.69, 9.17) is 11.6 Å². The maximum atomic E-state index is 13.0. The molecule has 0 unspecified atom stereocenters. The highest BCUT2D eigenvalue weighted by atomic mass is 35.5. The van der Waals surface area contributed by atoms with Crippen molar-refractivity contribution < 1.29 is 4.79 Å². The van der Waals surface area contributed by atoms with Crippen molar-refractivity contribution in [1.82, 2.24) is 34.6 Å². The fraction of sp³-hybridized carbons (Fsp3) is 0.304. The van der Waals surface area contributed by atoms with Crippen molar-refractivity contribution in [3.8, 4) is 11.1 Å². The number of amides is 1. The number of hydrogen-bond donors (Lipinski definition) is 1. The van der Waals surface area contributed by atoms with E-state index in [0.29, 0.717) is 21.8 Å². The van der Waals surface area contributed by atoms with Gasteiger partial charge in [0.25, 0.3) is 11.5 Å². The molecule has 33 heavy (non-hydrogen) atoms. The Balaban J connectivity index is 1.43. The third kappa shape index (κ3) is 3.68. The zero-order valence-corrected chi connectivity index (χ0v) is 19.2. The Morgan fingerprint density at radius 3 is 2.70 bits per heavy atom. The summed E-state index contributed by atoms with van der Waals surface area (Å²) >= 11 is 6.62. The first kappa shape index (κ1) is 21.3. The third-order valence-electron chi connectivity index (χ3n) is 5.92. The minimum absolute atomic E-state index is 0.0859. The second-order valence-electron chi connectivity index (χ2n) is 8.61. The first-order chi connectivity index (χ1) is 15.8. The molecular weight excluding hydrogens is 442 g/mol. The molecule has 1 aliphatic carbocycles. The van der Waals surface area contributed by atoms with E-state index >= 15 is 0 Å². The Kier molecular flexibility index (Phi) is 5.01. The van der Waals surface area contributed by atoms with Crippen molar-refractivity contribution in [3.05, 3.63) is 69.9 Å². The van der Waals surface area contributed by atoms with E-state index in [2.05, 4.69) is 25.4 Å². The molecule has 1 N–H and O–H groups in total. The Bertz CT molecular complexity index is 1450. The molecule has 4 aromatic rings. The number of fused-ring (bicyclic) bond motifs is 1. The predicted molar refractivity (Wildman–Crippen MR) is 124 cm³/mol. The molecular formula is C23H22ClN7O2. The summed E-state index contributed by atoms with van der Waals surface area (Å²) in [6.45, 7) is 4.00. The van der Waals surface area contributed by atoms with E-state index in [1.165, 1.54) is 17.1 Å². The van der Waals surface area contributed by atoms with Gasteiger partial charge in [0.1, 0.15) is 0 Å². The number of halogens is 1. The molecule has 1 saturated carbocycles. The second kappa shape index (κ2) is 7.77. The van der Waals surface area contributed by atoms with Crippen LogP contribution in [0.15, 0.2) is 47.9 Å². The number of aromatic nitrogens is 6. The highest BCUT2D eigenvalue weighted by Crippen LogP contribution is 2.48. The largest absolute Gasteiger partial charge is 0.340 e. The molecule has 0 spiro atoms. The number of carbonyl (C=O) groups is 1. The molecule has 0 radical (unpaired) electrons. The van der Waals surface area contributed by atoms with Crippen LogP contribution < -0.4 is 10.9 Å². The molecule has 1 aromatic carbocycles. The summed E-state index contributed by atoms with van der Waals surface area (Å²) in [5, 5.41) is 8.65. The Morgan fingerprint density at radius 2 is 2.00 bits per heavy atom. The maximum Gasteiger partial charge on any atom is 0.289 e. The minimum atomic E-state index is -0.580. The van der Waals surface area contributed by atoms with Crippen molar-refractivity contribution in [2.24, 2.45) is 7.05 Å². The van der Waals surface area contributed by atoms with Crippen LogP contribution in [-0.2, 0) is 12.6 Å². The topological polar surface area (TPSA) is 108 Å². The van der Waals surface area contributed by atoms with Crippen molar-refractivity contribution in [1.29, 1.82) is 0 Å². The van der Waals surface area contributed by atoms with Gasteiger partial charge in [-0.15, -0.1) is 0 Å². The fourth-order valence-corrected chi connectivity index (χ4v) is 4.32. The highest BCUT2D eigenvalue weighted by Gasteiger charge is 2.47. The number of benzene rings is 1. The van der Waals surface area contributed by atoms with Gasteiger partial charge in [0.15, 0.2) is 5.65 Å². The first-order valence-electron chi connectivity index (χ1n) is 10.6. The zero-order chi connectivity index (χ0) is 23.3. The van der Waals surface area contributed by atoms with Gasteiger partial charge in [0.05, 0.1) is 29.0 Å². The predicted octanol–water partition coefficient (Wildman–Crippen LogP) is 3.24. The first-order valence-corrected chi connectivity index (χ1v) is 11.0. The molecule has 1 amide bonds. The van der Waals surface area contributed by atoms with Crippen LogP contribution in [-0.4, -0.2) is 35.2 Å². The standard InChI is InChI=1S/C23H22ClN7O2/c1-13(2)31-20-15(10-27-31)9-26-19(28-20)21(32)29-23(6-7-23)17-5-4-14(8-18(17)24)16-11-25-12-30(3)22(16)33/h4-5,8-13H,6-7H2,1-3H3,(H,29,32). The lowest BCUT2D eigenvalue weighted by atomic mass is 10.00. The molecule has 1 aliphatic rings. The third-order valence-corrected chi connectivity index (χ3v) is 6.23. The van der Waals surface area contributed by atoms with Gasteiger partial charge < -0.3 is 9.88 Å². The van der Waals surface area contributed by atoms with Crippen LogP contribution in [0.4, 0.5) is 0 Å². The monoisotopic (exact) mass is 463 g/mol. The van der Waals surface area contributed by atoms with Gasteiger partial charge in [-0.3, -0.25) is 9.59 Å². The maximum absolute atomic E-state index is 13.0. The van der Waals surface area contributed by atoms with E-state index in [1.54, 1.807) is 30.2 Å². The van der Waals surface area contributed by atoms with Crippen molar-refractivity contribution in [3.63, 3.8) is 0 Å². The molecule has 3 heterocycles. The normalized spacial score (nSPS) is 14.6. The van der Waals surface area contributed by atoms with Crippen LogP contribution in [0.5, 0.6) is 0 Å². The van der Waals surface area contributed by atoms with Gasteiger partial charge in [0, 0.05) is 30.5 Å². The van der Waals surface area contributed by atoms with E-state index in [0.717, 1.165) is 23.8 Å². The molecule has 168 valence electrons. The van der Waals surface area contributed by atoms with Crippen LogP contribution in [0, 0.1) is 0 Å².